The third-order valence-electron chi connectivity index (χ3n) is 4.25. The first-order valence-electron chi connectivity index (χ1n) is 9.56. The Labute approximate surface area is 189 Å². The highest BCUT2D eigenvalue weighted by atomic mass is 32.2. The lowest BCUT2D eigenvalue weighted by molar-refractivity contribution is -0.385. The molecule has 3 rings (SSSR count). The molecule has 0 radical (unpaired) electrons. The van der Waals surface area contributed by atoms with Crippen LogP contribution in [-0.2, 0) is 14.9 Å². The summed E-state index contributed by atoms with van der Waals surface area (Å²) < 4.78 is 46.5. The number of nitro benzene ring substituents is 1. The normalized spacial score (nSPS) is 10.8. The first-order valence-corrected chi connectivity index (χ1v) is 11.0. The number of ether oxygens (including phenoxy) is 3. The lowest BCUT2D eigenvalue weighted by Gasteiger charge is -2.13. The molecule has 0 spiro atoms. The van der Waals surface area contributed by atoms with E-state index in [0.29, 0.717) is 5.75 Å². The van der Waals surface area contributed by atoms with E-state index in [1.54, 1.807) is 37.3 Å². The Morgan fingerprint density at radius 1 is 0.970 bits per heavy atom. The van der Waals surface area contributed by atoms with Gasteiger partial charge in [0.2, 0.25) is 5.75 Å². The molecule has 0 atom stereocenters. The summed E-state index contributed by atoms with van der Waals surface area (Å²) >= 11 is 0. The topological polar surface area (TPSA) is 131 Å². The molecule has 0 bridgehead atoms. The number of carbonyl (C=O) groups excluding carboxylic acids is 1. The second-order valence-corrected chi connectivity index (χ2v) is 7.94. The van der Waals surface area contributed by atoms with E-state index in [4.69, 9.17) is 18.4 Å². The highest BCUT2D eigenvalue weighted by Gasteiger charge is 2.28. The quantitative estimate of drug-likeness (QED) is 0.193. The number of para-hydroxylation sites is 1. The molecule has 0 aromatic heterocycles. The number of nitro groups is 1. The summed E-state index contributed by atoms with van der Waals surface area (Å²) in [4.78, 5) is 22.3. The predicted octanol–water partition coefficient (Wildman–Crippen LogP) is 4.34. The first-order chi connectivity index (χ1) is 15.7. The smallest absolute Gasteiger partial charge is 0.343 e. The van der Waals surface area contributed by atoms with Gasteiger partial charge in [-0.25, -0.2) is 4.79 Å². The zero-order chi connectivity index (χ0) is 24.0. The van der Waals surface area contributed by atoms with Crippen LogP contribution in [0.1, 0.15) is 17.3 Å². The first kappa shape index (κ1) is 23.5. The Morgan fingerprint density at radius 2 is 1.67 bits per heavy atom. The average molecular weight is 473 g/mol. The minimum Gasteiger partial charge on any atom is -0.495 e. The van der Waals surface area contributed by atoms with Crippen LogP contribution in [0.4, 0.5) is 5.69 Å². The molecule has 3 aromatic rings. The Hall–Kier alpha value is -4.12. The zero-order valence-electron chi connectivity index (χ0n) is 17.6. The summed E-state index contributed by atoms with van der Waals surface area (Å²) in [5.41, 5.74) is -0.687. The molecule has 0 aliphatic heterocycles. The molecular formula is C22H19NO9S. The summed E-state index contributed by atoms with van der Waals surface area (Å²) in [6, 6.07) is 15.6. The molecule has 11 heteroatoms. The molecule has 172 valence electrons. The van der Waals surface area contributed by atoms with Crippen LogP contribution in [0.25, 0.3) is 0 Å². The summed E-state index contributed by atoms with van der Waals surface area (Å²) in [5, 5.41) is 11.6. The minimum absolute atomic E-state index is 0.0547. The van der Waals surface area contributed by atoms with Crippen LogP contribution < -0.4 is 13.7 Å². The SMILES string of the molecule is CCOC(=O)c1ccc(OC)c(S(=O)(=O)Oc2ccc(Oc3ccccc3)cc2[N+](=O)[O-])c1. The van der Waals surface area contributed by atoms with Crippen LogP contribution in [-0.4, -0.2) is 33.0 Å². The van der Waals surface area contributed by atoms with Crippen molar-refractivity contribution in [2.45, 2.75) is 11.8 Å². The van der Waals surface area contributed by atoms with Crippen molar-refractivity contribution in [3.8, 4) is 23.0 Å². The molecule has 0 N–H and O–H groups in total. The average Bonchev–Trinajstić information content (AvgIpc) is 2.80. The maximum Gasteiger partial charge on any atom is 0.343 e. The lowest BCUT2D eigenvalue weighted by atomic mass is 10.2. The van der Waals surface area contributed by atoms with Crippen molar-refractivity contribution in [1.29, 1.82) is 0 Å². The Bertz CT molecular complexity index is 1270. The van der Waals surface area contributed by atoms with E-state index in [1.807, 2.05) is 0 Å². The van der Waals surface area contributed by atoms with E-state index in [1.165, 1.54) is 25.3 Å². The third kappa shape index (κ3) is 5.57. The second-order valence-electron chi connectivity index (χ2n) is 6.43. The summed E-state index contributed by atoms with van der Waals surface area (Å²) in [5.74, 6) is -0.850. The molecule has 0 aliphatic rings. The van der Waals surface area contributed by atoms with Crippen molar-refractivity contribution in [1.82, 2.24) is 0 Å². The van der Waals surface area contributed by atoms with Crippen LogP contribution in [0.2, 0.25) is 0 Å². The fourth-order valence-electron chi connectivity index (χ4n) is 2.77. The van der Waals surface area contributed by atoms with Crippen molar-refractivity contribution in [2.24, 2.45) is 0 Å². The molecule has 0 saturated heterocycles. The Kier molecular flexibility index (Phi) is 7.13. The molecule has 0 aliphatic carbocycles. The zero-order valence-corrected chi connectivity index (χ0v) is 18.4. The van der Waals surface area contributed by atoms with Gasteiger partial charge in [-0.05, 0) is 49.4 Å². The molecule has 33 heavy (non-hydrogen) atoms. The number of hydrogen-bond acceptors (Lipinski definition) is 9. The molecule has 10 nitrogen and oxygen atoms in total. The summed E-state index contributed by atoms with van der Waals surface area (Å²) in [7, 11) is -3.40. The highest BCUT2D eigenvalue weighted by molar-refractivity contribution is 7.87. The molecule has 0 fully saturated rings. The van der Waals surface area contributed by atoms with E-state index in [2.05, 4.69) is 0 Å². The van der Waals surface area contributed by atoms with Crippen molar-refractivity contribution in [3.63, 3.8) is 0 Å². The van der Waals surface area contributed by atoms with Crippen molar-refractivity contribution in [3.05, 3.63) is 82.4 Å². The standard InChI is InChI=1S/C22H19NO9S/c1-3-30-22(24)15-9-11-20(29-2)21(13-15)33(27,28)32-19-12-10-17(14-18(19)23(25)26)31-16-7-5-4-6-8-16/h4-14H,3H2,1-2H3. The van der Waals surface area contributed by atoms with Gasteiger partial charge in [-0.15, -0.1) is 0 Å². The van der Waals surface area contributed by atoms with E-state index in [9.17, 15) is 23.3 Å². The third-order valence-corrected chi connectivity index (χ3v) is 5.51. The van der Waals surface area contributed by atoms with Crippen LogP contribution in [0, 0.1) is 10.1 Å². The highest BCUT2D eigenvalue weighted by Crippen LogP contribution is 2.36. The van der Waals surface area contributed by atoms with Gasteiger partial charge in [0.25, 0.3) is 0 Å². The monoisotopic (exact) mass is 473 g/mol. The number of hydrogen-bond donors (Lipinski definition) is 0. The van der Waals surface area contributed by atoms with Gasteiger partial charge in [-0.1, -0.05) is 18.2 Å². The van der Waals surface area contributed by atoms with Gasteiger partial charge < -0.3 is 18.4 Å². The number of rotatable bonds is 9. The van der Waals surface area contributed by atoms with Crippen molar-refractivity contribution < 1.29 is 36.5 Å². The van der Waals surface area contributed by atoms with Gasteiger partial charge in [0.1, 0.15) is 22.1 Å². The lowest BCUT2D eigenvalue weighted by Crippen LogP contribution is -2.14. The number of nitrogens with zero attached hydrogens (tertiary/aromatic N) is 1. The molecule has 0 saturated carbocycles. The van der Waals surface area contributed by atoms with Gasteiger partial charge in [-0.2, -0.15) is 8.42 Å². The predicted molar refractivity (Wildman–Crippen MR) is 116 cm³/mol. The Balaban J connectivity index is 1.97. The fraction of sp³-hybridized carbons (Fsp3) is 0.136. The molecule has 0 amide bonds. The molecule has 0 unspecified atom stereocenters. The van der Waals surface area contributed by atoms with E-state index in [-0.39, 0.29) is 23.7 Å². The minimum atomic E-state index is -4.63. The molecule has 3 aromatic carbocycles. The molecular weight excluding hydrogens is 454 g/mol. The van der Waals surface area contributed by atoms with Crippen molar-refractivity contribution >= 4 is 21.8 Å². The summed E-state index contributed by atoms with van der Waals surface area (Å²) in [6.07, 6.45) is 0. The maximum atomic E-state index is 13.0. The Morgan fingerprint density at radius 3 is 2.30 bits per heavy atom. The van der Waals surface area contributed by atoms with Gasteiger partial charge >= 0.3 is 21.8 Å². The van der Waals surface area contributed by atoms with Crippen LogP contribution >= 0.6 is 0 Å². The largest absolute Gasteiger partial charge is 0.495 e. The van der Waals surface area contributed by atoms with Crippen LogP contribution in [0.3, 0.4) is 0 Å². The number of esters is 1. The van der Waals surface area contributed by atoms with E-state index < -0.39 is 37.3 Å². The number of carbonyl (C=O) groups is 1. The second kappa shape index (κ2) is 10.0. The van der Waals surface area contributed by atoms with Gasteiger partial charge in [0.05, 0.1) is 30.3 Å². The van der Waals surface area contributed by atoms with Gasteiger partial charge in [0, 0.05) is 0 Å². The van der Waals surface area contributed by atoms with Crippen LogP contribution in [0.15, 0.2) is 71.6 Å². The number of methoxy groups -OCH3 is 1. The fourth-order valence-corrected chi connectivity index (χ4v) is 3.91. The molecule has 0 heterocycles. The van der Waals surface area contributed by atoms with Crippen molar-refractivity contribution in [2.75, 3.05) is 13.7 Å². The summed E-state index contributed by atoms with van der Waals surface area (Å²) in [6.45, 7) is 1.69. The van der Waals surface area contributed by atoms with Gasteiger partial charge in [0.15, 0.2) is 0 Å². The number of benzene rings is 3. The maximum absolute atomic E-state index is 13.0. The van der Waals surface area contributed by atoms with E-state index in [0.717, 1.165) is 18.2 Å². The van der Waals surface area contributed by atoms with Gasteiger partial charge in [-0.3, -0.25) is 10.1 Å². The van der Waals surface area contributed by atoms with Crippen LogP contribution in [0.5, 0.6) is 23.0 Å². The van der Waals surface area contributed by atoms with E-state index >= 15 is 0 Å².